The van der Waals surface area contributed by atoms with Gasteiger partial charge in [-0.05, 0) is 5.92 Å². The van der Waals surface area contributed by atoms with E-state index in [1.165, 1.54) is 0 Å². The first kappa shape index (κ1) is 24.3. The van der Waals surface area contributed by atoms with Gasteiger partial charge in [-0.1, -0.05) is 20.3 Å². The van der Waals surface area contributed by atoms with Crippen LogP contribution in [0.5, 0.6) is 0 Å². The number of nitrogens with two attached hydrogens (primary N) is 2. The van der Waals surface area contributed by atoms with E-state index in [0.29, 0.717) is 6.42 Å². The molecule has 12 nitrogen and oxygen atoms in total. The number of carbonyl (C=O) groups is 5. The number of primary amides is 1. The predicted octanol–water partition coefficient (Wildman–Crippen LogP) is -3.60. The Labute approximate surface area is 156 Å². The molecule has 0 aromatic heterocycles. The Morgan fingerprint density at radius 2 is 1.56 bits per heavy atom. The monoisotopic (exact) mass is 389 g/mol. The zero-order chi connectivity index (χ0) is 21.1. The molecule has 0 bridgehead atoms. The van der Waals surface area contributed by atoms with Gasteiger partial charge >= 0.3 is 5.97 Å². The molecule has 0 saturated carbocycles. The number of amides is 4. The Balaban J connectivity index is 5.03. The van der Waals surface area contributed by atoms with Crippen LogP contribution in [0.4, 0.5) is 0 Å². The topological polar surface area (TPSA) is 214 Å². The largest absolute Gasteiger partial charge is 0.480 e. The summed E-state index contributed by atoms with van der Waals surface area (Å²) in [5, 5.41) is 24.3. The summed E-state index contributed by atoms with van der Waals surface area (Å²) < 4.78 is 0. The highest BCUT2D eigenvalue weighted by Crippen LogP contribution is 2.05. The van der Waals surface area contributed by atoms with Crippen LogP contribution in [0.15, 0.2) is 0 Å². The number of nitrogens with one attached hydrogen (secondary N) is 3. The summed E-state index contributed by atoms with van der Waals surface area (Å²) in [4.78, 5) is 57.8. The molecule has 154 valence electrons. The molecule has 0 saturated heterocycles. The van der Waals surface area contributed by atoms with Crippen LogP contribution in [0, 0.1) is 5.92 Å². The molecule has 4 amide bonds. The third-order valence-corrected chi connectivity index (χ3v) is 3.83. The van der Waals surface area contributed by atoms with Gasteiger partial charge in [0, 0.05) is 0 Å². The first-order valence-corrected chi connectivity index (χ1v) is 8.28. The summed E-state index contributed by atoms with van der Waals surface area (Å²) in [6.45, 7) is 2.06. The molecule has 0 aliphatic heterocycles. The van der Waals surface area contributed by atoms with E-state index in [0.717, 1.165) is 0 Å². The maximum atomic E-state index is 12.2. The van der Waals surface area contributed by atoms with E-state index in [-0.39, 0.29) is 5.92 Å². The van der Waals surface area contributed by atoms with Crippen molar-refractivity contribution in [2.24, 2.45) is 17.4 Å². The average molecular weight is 389 g/mol. The zero-order valence-corrected chi connectivity index (χ0v) is 15.2. The highest BCUT2D eigenvalue weighted by atomic mass is 16.4. The van der Waals surface area contributed by atoms with E-state index in [1.54, 1.807) is 6.92 Å². The molecule has 12 heteroatoms. The number of hydrogen-bond acceptors (Lipinski definition) is 7. The van der Waals surface area contributed by atoms with Crippen LogP contribution in [-0.4, -0.2) is 71.1 Å². The van der Waals surface area contributed by atoms with Gasteiger partial charge in [0.1, 0.15) is 18.6 Å². The lowest BCUT2D eigenvalue weighted by Crippen LogP contribution is -2.58. The Hall–Kier alpha value is -2.73. The molecule has 0 fully saturated rings. The molecule has 9 N–H and O–H groups in total. The standard InChI is InChI=1S/C15H27N5O7/c1-3-7(2)12(17)15(27)20-9(6-21)14(26)19-8(4-10(16)22)13(25)18-5-11(23)24/h7-9,12,21H,3-6,17H2,1-2H3,(H2,16,22)(H,18,25)(H,19,26)(H,20,27)(H,23,24). The second-order valence-corrected chi connectivity index (χ2v) is 6.00. The van der Waals surface area contributed by atoms with E-state index in [4.69, 9.17) is 16.6 Å². The van der Waals surface area contributed by atoms with Crippen LogP contribution < -0.4 is 27.4 Å². The van der Waals surface area contributed by atoms with Gasteiger partial charge in [-0.3, -0.25) is 24.0 Å². The summed E-state index contributed by atoms with van der Waals surface area (Å²) in [5.74, 6) is -5.00. The lowest BCUT2D eigenvalue weighted by Gasteiger charge is -2.23. The minimum Gasteiger partial charge on any atom is -0.480 e. The van der Waals surface area contributed by atoms with Gasteiger partial charge < -0.3 is 37.6 Å². The molecule has 0 aliphatic carbocycles. The van der Waals surface area contributed by atoms with E-state index in [2.05, 4.69) is 10.6 Å². The van der Waals surface area contributed by atoms with Crippen molar-refractivity contribution >= 4 is 29.6 Å². The molecule has 0 rings (SSSR count). The van der Waals surface area contributed by atoms with Crippen molar-refractivity contribution in [3.05, 3.63) is 0 Å². The zero-order valence-electron chi connectivity index (χ0n) is 15.2. The minimum absolute atomic E-state index is 0.170. The van der Waals surface area contributed by atoms with Crippen molar-refractivity contribution < 1.29 is 34.2 Å². The number of aliphatic hydroxyl groups excluding tert-OH is 1. The molecular weight excluding hydrogens is 362 g/mol. The summed E-state index contributed by atoms with van der Waals surface area (Å²) in [6, 6.07) is -3.80. The second-order valence-electron chi connectivity index (χ2n) is 6.00. The normalized spacial score (nSPS) is 15.0. The predicted molar refractivity (Wildman–Crippen MR) is 92.8 cm³/mol. The Morgan fingerprint density at radius 3 is 2.00 bits per heavy atom. The third kappa shape index (κ3) is 8.96. The van der Waals surface area contributed by atoms with Crippen molar-refractivity contribution in [2.75, 3.05) is 13.2 Å². The molecule has 4 atom stereocenters. The van der Waals surface area contributed by atoms with Gasteiger partial charge in [0.25, 0.3) is 0 Å². The molecule has 0 spiro atoms. The average Bonchev–Trinajstić information content (AvgIpc) is 2.61. The van der Waals surface area contributed by atoms with Gasteiger partial charge in [0.15, 0.2) is 0 Å². The first-order valence-electron chi connectivity index (χ1n) is 8.28. The molecule has 0 aliphatic rings. The molecule has 4 unspecified atom stereocenters. The smallest absolute Gasteiger partial charge is 0.322 e. The molecular formula is C15H27N5O7. The first-order chi connectivity index (χ1) is 12.5. The van der Waals surface area contributed by atoms with Crippen LogP contribution in [0.25, 0.3) is 0 Å². The lowest BCUT2D eigenvalue weighted by molar-refractivity contribution is -0.139. The van der Waals surface area contributed by atoms with Crippen LogP contribution in [-0.2, 0) is 24.0 Å². The van der Waals surface area contributed by atoms with Crippen molar-refractivity contribution in [2.45, 2.75) is 44.8 Å². The summed E-state index contributed by atoms with van der Waals surface area (Å²) >= 11 is 0. The van der Waals surface area contributed by atoms with Gasteiger partial charge in [0.2, 0.25) is 23.6 Å². The molecule has 0 aromatic rings. The van der Waals surface area contributed by atoms with E-state index >= 15 is 0 Å². The molecule has 0 aromatic carbocycles. The Kier molecular flexibility index (Phi) is 10.6. The highest BCUT2D eigenvalue weighted by molar-refractivity contribution is 5.95. The van der Waals surface area contributed by atoms with Crippen molar-refractivity contribution in [1.82, 2.24) is 16.0 Å². The van der Waals surface area contributed by atoms with Gasteiger partial charge in [-0.15, -0.1) is 0 Å². The fourth-order valence-electron chi connectivity index (χ4n) is 1.94. The SMILES string of the molecule is CCC(C)C(N)C(=O)NC(CO)C(=O)NC(CC(N)=O)C(=O)NCC(=O)O. The van der Waals surface area contributed by atoms with Crippen LogP contribution in [0.1, 0.15) is 26.7 Å². The maximum absolute atomic E-state index is 12.2. The quantitative estimate of drug-likeness (QED) is 0.176. The number of aliphatic carboxylic acids is 1. The lowest BCUT2D eigenvalue weighted by atomic mass is 9.99. The van der Waals surface area contributed by atoms with Crippen molar-refractivity contribution in [3.8, 4) is 0 Å². The van der Waals surface area contributed by atoms with Gasteiger partial charge in [0.05, 0.1) is 19.1 Å². The fourth-order valence-corrected chi connectivity index (χ4v) is 1.94. The van der Waals surface area contributed by atoms with Crippen molar-refractivity contribution in [1.29, 1.82) is 0 Å². The number of aliphatic hydroxyl groups is 1. The number of carbonyl (C=O) groups excluding carboxylic acids is 4. The second kappa shape index (κ2) is 11.8. The molecule has 0 heterocycles. The highest BCUT2D eigenvalue weighted by Gasteiger charge is 2.29. The van der Waals surface area contributed by atoms with Gasteiger partial charge in [-0.25, -0.2) is 0 Å². The fraction of sp³-hybridized carbons (Fsp3) is 0.667. The molecule has 0 radical (unpaired) electrons. The van der Waals surface area contributed by atoms with Crippen molar-refractivity contribution in [3.63, 3.8) is 0 Å². The van der Waals surface area contributed by atoms with Crippen LogP contribution in [0.2, 0.25) is 0 Å². The number of carboxylic acids is 1. The van der Waals surface area contributed by atoms with Gasteiger partial charge in [-0.2, -0.15) is 0 Å². The summed E-state index contributed by atoms with van der Waals surface area (Å²) in [5.41, 5.74) is 10.8. The minimum atomic E-state index is -1.47. The van der Waals surface area contributed by atoms with Crippen LogP contribution >= 0.6 is 0 Å². The van der Waals surface area contributed by atoms with E-state index < -0.39 is 67.3 Å². The van der Waals surface area contributed by atoms with Crippen LogP contribution in [0.3, 0.4) is 0 Å². The van der Waals surface area contributed by atoms with E-state index in [9.17, 15) is 29.1 Å². The Morgan fingerprint density at radius 1 is 1.00 bits per heavy atom. The third-order valence-electron chi connectivity index (χ3n) is 3.83. The number of hydrogen-bond donors (Lipinski definition) is 7. The number of rotatable bonds is 12. The summed E-state index contributed by atoms with van der Waals surface area (Å²) in [7, 11) is 0. The number of carboxylic acid groups (broad SMARTS) is 1. The molecule has 27 heavy (non-hydrogen) atoms. The van der Waals surface area contributed by atoms with E-state index in [1.807, 2.05) is 12.2 Å². The Bertz CT molecular complexity index is 569. The maximum Gasteiger partial charge on any atom is 0.322 e. The summed E-state index contributed by atoms with van der Waals surface area (Å²) in [6.07, 6.45) is 0.0185.